The third-order valence-corrected chi connectivity index (χ3v) is 10.8. The molecule has 2 aliphatic rings. The lowest BCUT2D eigenvalue weighted by atomic mass is 9.89. The van der Waals surface area contributed by atoms with Gasteiger partial charge in [-0.15, -0.1) is 11.8 Å². The SMILES string of the molecule is CC(=O)OC(c1cn(C(=O)OCc2ccc([N+](=O)[O-])cc2)c(Cc2ccccc2)n1)C1(Br)C(=O)N2C(C(=O)OCc3ccc([N+](=O)[O-])cc3)=CSC21. The van der Waals surface area contributed by atoms with Gasteiger partial charge in [-0.2, -0.15) is 0 Å². The van der Waals surface area contributed by atoms with Crippen LogP contribution < -0.4 is 0 Å². The first-order valence-electron chi connectivity index (χ1n) is 15.3. The number of thioether (sulfide) groups is 1. The molecule has 0 radical (unpaired) electrons. The highest BCUT2D eigenvalue weighted by molar-refractivity contribution is 9.10. The van der Waals surface area contributed by atoms with Gasteiger partial charge in [0.2, 0.25) is 0 Å². The molecule has 0 bridgehead atoms. The summed E-state index contributed by atoms with van der Waals surface area (Å²) in [4.78, 5) is 79.6. The van der Waals surface area contributed by atoms with Gasteiger partial charge in [0.05, 0.1) is 9.85 Å². The normalized spacial score (nSPS) is 18.0. The molecular formula is C34H26BrN5O11S. The maximum Gasteiger partial charge on any atom is 0.419 e. The van der Waals surface area contributed by atoms with E-state index in [0.717, 1.165) is 28.8 Å². The highest BCUT2D eigenvalue weighted by Crippen LogP contribution is 2.58. The molecule has 3 aromatic carbocycles. The standard InChI is InChI=1S/C34H26BrN5O11S/c1-20(41)51-29(34(35)31(43)38-27(19-52-32(34)38)30(42)49-17-22-7-11-24(12-8-22)39(45)46)26-16-37(28(36-26)15-21-5-3-2-4-6-21)33(44)50-18-23-9-13-25(14-10-23)40(47)48/h2-14,16,19,29,32H,15,17-18H2,1H3. The second-order valence-electron chi connectivity index (χ2n) is 11.5. The first-order chi connectivity index (χ1) is 24.9. The van der Waals surface area contributed by atoms with E-state index in [1.54, 1.807) is 0 Å². The van der Waals surface area contributed by atoms with Gasteiger partial charge in [0.25, 0.3) is 17.3 Å². The second-order valence-corrected chi connectivity index (χ2v) is 13.8. The maximum absolute atomic E-state index is 13.9. The number of carbonyl (C=O) groups is 4. The van der Waals surface area contributed by atoms with Crippen molar-refractivity contribution < 1.29 is 43.2 Å². The average molecular weight is 793 g/mol. The molecule has 3 unspecified atom stereocenters. The minimum absolute atomic E-state index is 0.0492. The van der Waals surface area contributed by atoms with E-state index in [1.807, 2.05) is 30.3 Å². The Morgan fingerprint density at radius 1 is 0.904 bits per heavy atom. The third kappa shape index (κ3) is 7.15. The number of esters is 2. The molecule has 0 saturated carbocycles. The quantitative estimate of drug-likeness (QED) is 0.0422. The van der Waals surface area contributed by atoms with E-state index in [2.05, 4.69) is 20.9 Å². The van der Waals surface area contributed by atoms with Crippen molar-refractivity contribution in [3.8, 4) is 0 Å². The van der Waals surface area contributed by atoms with E-state index in [0.29, 0.717) is 11.1 Å². The molecule has 0 spiro atoms. The van der Waals surface area contributed by atoms with Crippen molar-refractivity contribution in [3.05, 3.63) is 145 Å². The number of alkyl halides is 1. The predicted octanol–water partition coefficient (Wildman–Crippen LogP) is 5.71. The number of hydrogen-bond donors (Lipinski definition) is 0. The van der Waals surface area contributed by atoms with Crippen molar-refractivity contribution in [2.75, 3.05) is 0 Å². The zero-order valence-electron chi connectivity index (χ0n) is 26.9. The molecule has 6 rings (SSSR count). The topological polar surface area (TPSA) is 203 Å². The number of benzene rings is 3. The molecular weight excluding hydrogens is 766 g/mol. The van der Waals surface area contributed by atoms with E-state index in [-0.39, 0.29) is 48.2 Å². The Balaban J connectivity index is 1.23. The summed E-state index contributed by atoms with van der Waals surface area (Å²) in [7, 11) is 0. The van der Waals surface area contributed by atoms with Crippen LogP contribution in [0.25, 0.3) is 0 Å². The first-order valence-corrected chi connectivity index (χ1v) is 17.1. The third-order valence-electron chi connectivity index (χ3n) is 8.08. The Hall–Kier alpha value is -5.88. The van der Waals surface area contributed by atoms with Crippen LogP contribution in [0.3, 0.4) is 0 Å². The lowest BCUT2D eigenvalue weighted by molar-refractivity contribution is -0.385. The molecule has 1 amide bonds. The fraction of sp³-hybridized carbons (Fsp3) is 0.206. The number of fused-ring (bicyclic) bond motifs is 1. The van der Waals surface area contributed by atoms with Crippen LogP contribution in [-0.2, 0) is 48.2 Å². The Morgan fingerprint density at radius 2 is 1.48 bits per heavy atom. The summed E-state index contributed by atoms with van der Waals surface area (Å²) in [6.45, 7) is 0.737. The Bertz CT molecular complexity index is 2110. The zero-order chi connectivity index (χ0) is 37.2. The summed E-state index contributed by atoms with van der Waals surface area (Å²) in [5, 5.41) is 22.6. The maximum atomic E-state index is 13.9. The molecule has 1 fully saturated rings. The summed E-state index contributed by atoms with van der Waals surface area (Å²) in [6, 6.07) is 20.1. The number of nitrogens with zero attached hydrogens (tertiary/aromatic N) is 5. The number of imidazole rings is 1. The molecule has 2 aliphatic heterocycles. The van der Waals surface area contributed by atoms with Gasteiger partial charge in [-0.25, -0.2) is 19.1 Å². The van der Waals surface area contributed by atoms with E-state index in [4.69, 9.17) is 14.2 Å². The highest BCUT2D eigenvalue weighted by Gasteiger charge is 2.69. The van der Waals surface area contributed by atoms with Crippen LogP contribution in [0.5, 0.6) is 0 Å². The number of halogens is 1. The van der Waals surface area contributed by atoms with Gasteiger partial charge in [-0.1, -0.05) is 46.3 Å². The van der Waals surface area contributed by atoms with Crippen LogP contribution in [-0.4, -0.2) is 57.9 Å². The van der Waals surface area contributed by atoms with Crippen LogP contribution in [0, 0.1) is 20.2 Å². The molecule has 4 aromatic rings. The lowest BCUT2D eigenvalue weighted by Gasteiger charge is -2.51. The highest BCUT2D eigenvalue weighted by atomic mass is 79.9. The largest absolute Gasteiger partial charge is 0.456 e. The zero-order valence-corrected chi connectivity index (χ0v) is 29.4. The van der Waals surface area contributed by atoms with Gasteiger partial charge in [0, 0.05) is 49.2 Å². The molecule has 16 nitrogen and oxygen atoms in total. The van der Waals surface area contributed by atoms with Crippen molar-refractivity contribution in [2.45, 2.75) is 42.4 Å². The van der Waals surface area contributed by atoms with Crippen molar-refractivity contribution >= 4 is 63.0 Å². The number of β-lactam (4-membered cyclic amide) rings is 1. The van der Waals surface area contributed by atoms with Gasteiger partial charge < -0.3 is 14.2 Å². The minimum atomic E-state index is -1.62. The average Bonchev–Trinajstić information content (AvgIpc) is 3.76. The number of non-ortho nitro benzene ring substituents is 2. The summed E-state index contributed by atoms with van der Waals surface area (Å²) < 4.78 is 16.1. The lowest BCUT2D eigenvalue weighted by Crippen LogP contribution is -2.70. The molecule has 1 aromatic heterocycles. The molecule has 3 heterocycles. The van der Waals surface area contributed by atoms with Crippen LogP contribution in [0.2, 0.25) is 0 Å². The molecule has 18 heteroatoms. The predicted molar refractivity (Wildman–Crippen MR) is 186 cm³/mol. The number of amides is 1. The number of aromatic nitrogens is 2. The number of carbonyl (C=O) groups excluding carboxylic acids is 4. The first kappa shape index (κ1) is 35.9. The Labute approximate surface area is 306 Å². The monoisotopic (exact) mass is 791 g/mol. The molecule has 52 heavy (non-hydrogen) atoms. The minimum Gasteiger partial charge on any atom is -0.456 e. The van der Waals surface area contributed by atoms with Crippen LogP contribution in [0.4, 0.5) is 16.2 Å². The summed E-state index contributed by atoms with van der Waals surface area (Å²) in [5.41, 5.74) is 1.54. The molecule has 3 atom stereocenters. The van der Waals surface area contributed by atoms with Gasteiger partial charge in [0.1, 0.15) is 35.8 Å². The molecule has 1 saturated heterocycles. The molecule has 266 valence electrons. The second kappa shape index (κ2) is 14.8. The number of ether oxygens (including phenoxy) is 3. The van der Waals surface area contributed by atoms with Crippen molar-refractivity contribution in [3.63, 3.8) is 0 Å². The van der Waals surface area contributed by atoms with Crippen LogP contribution in [0.15, 0.2) is 96.2 Å². The number of hydrogen-bond acceptors (Lipinski definition) is 13. The number of nitro groups is 2. The summed E-state index contributed by atoms with van der Waals surface area (Å²) in [6.07, 6.45) is -0.742. The van der Waals surface area contributed by atoms with Crippen molar-refractivity contribution in [1.29, 1.82) is 0 Å². The molecule has 0 aliphatic carbocycles. The van der Waals surface area contributed by atoms with Gasteiger partial charge in [-0.05, 0) is 41.0 Å². The van der Waals surface area contributed by atoms with Gasteiger partial charge in [0.15, 0.2) is 10.4 Å². The van der Waals surface area contributed by atoms with E-state index in [9.17, 15) is 39.4 Å². The van der Waals surface area contributed by atoms with Crippen molar-refractivity contribution in [1.82, 2.24) is 14.5 Å². The summed E-state index contributed by atoms with van der Waals surface area (Å²) >= 11 is 4.62. The fourth-order valence-electron chi connectivity index (χ4n) is 5.51. The fourth-order valence-corrected chi connectivity index (χ4v) is 7.78. The molecule has 0 N–H and O–H groups in total. The van der Waals surface area contributed by atoms with Gasteiger partial charge in [-0.3, -0.25) is 34.7 Å². The van der Waals surface area contributed by atoms with Crippen molar-refractivity contribution in [2.24, 2.45) is 0 Å². The van der Waals surface area contributed by atoms with Crippen LogP contribution in [0.1, 0.15) is 41.2 Å². The smallest absolute Gasteiger partial charge is 0.419 e. The number of nitro benzene ring substituents is 2. The van der Waals surface area contributed by atoms with E-state index < -0.39 is 49.6 Å². The Kier molecular flexibility index (Phi) is 10.2. The Morgan fingerprint density at radius 3 is 2.04 bits per heavy atom. The summed E-state index contributed by atoms with van der Waals surface area (Å²) in [5.74, 6) is -1.98. The van der Waals surface area contributed by atoms with E-state index >= 15 is 0 Å². The van der Waals surface area contributed by atoms with Crippen LogP contribution >= 0.6 is 27.7 Å². The van der Waals surface area contributed by atoms with E-state index in [1.165, 1.54) is 65.0 Å². The van der Waals surface area contributed by atoms with Gasteiger partial charge >= 0.3 is 18.0 Å². The number of rotatable bonds is 12.